The second-order valence-corrected chi connectivity index (χ2v) is 12.5. The highest BCUT2D eigenvalue weighted by atomic mass is 16.4. The molecule has 1 heterocycles. The maximum atomic E-state index is 13.5. The van der Waals surface area contributed by atoms with E-state index < -0.39 is 48.3 Å². The maximum Gasteiger partial charge on any atom is 0.326 e. The number of nitrogens with zero attached hydrogens (tertiary/aromatic N) is 1. The molecule has 3 amide bonds. The van der Waals surface area contributed by atoms with Crippen LogP contribution in [0.15, 0.2) is 24.3 Å². The van der Waals surface area contributed by atoms with E-state index in [2.05, 4.69) is 17.6 Å². The minimum atomic E-state index is -1.41. The van der Waals surface area contributed by atoms with E-state index in [0.717, 1.165) is 30.4 Å². The molecule has 0 unspecified atom stereocenters. The fourth-order valence-corrected chi connectivity index (χ4v) is 5.88. The van der Waals surface area contributed by atoms with E-state index in [1.54, 1.807) is 0 Å². The number of hydrogen-bond donors (Lipinski definition) is 5. The Morgan fingerprint density at radius 1 is 0.826 bits per heavy atom. The first kappa shape index (κ1) is 38.7. The third kappa shape index (κ3) is 14.7. The standard InChI is InChI=1S/C35H56N4O7/c1-2-3-4-5-6-7-8-9-10-11-12-13-14-19-31(40)37-23-22-28(36)34(44)39-25-27-18-16-15-17-26(27)24-30(39)33(43)38-29(35(45)46)20-21-32(41)42/h15-18,28-30H,2-14,19-25,36H2,1H3,(H,37,40)(H,38,43)(H,41,42)(H,45,46)/t28-,29-,30-/m0/s1. The number of nitrogens with one attached hydrogen (secondary N) is 2. The number of benzene rings is 1. The van der Waals surface area contributed by atoms with E-state index in [-0.39, 0.29) is 38.3 Å². The lowest BCUT2D eigenvalue weighted by atomic mass is 9.92. The Hall–Kier alpha value is -3.47. The molecule has 1 aromatic rings. The highest BCUT2D eigenvalue weighted by molar-refractivity contribution is 5.92. The van der Waals surface area contributed by atoms with Crippen molar-refractivity contribution in [2.24, 2.45) is 5.73 Å². The molecule has 1 aliphatic rings. The van der Waals surface area contributed by atoms with Gasteiger partial charge in [0, 0.05) is 32.4 Å². The minimum Gasteiger partial charge on any atom is -0.481 e. The van der Waals surface area contributed by atoms with Crippen molar-refractivity contribution in [3.05, 3.63) is 35.4 Å². The monoisotopic (exact) mass is 644 g/mol. The molecule has 0 aromatic heterocycles. The van der Waals surface area contributed by atoms with E-state index in [4.69, 9.17) is 10.8 Å². The highest BCUT2D eigenvalue weighted by Crippen LogP contribution is 2.25. The molecule has 6 N–H and O–H groups in total. The van der Waals surface area contributed by atoms with Gasteiger partial charge in [-0.1, -0.05) is 108 Å². The van der Waals surface area contributed by atoms with Crippen molar-refractivity contribution in [2.45, 2.75) is 147 Å². The van der Waals surface area contributed by atoms with E-state index in [1.807, 2.05) is 24.3 Å². The summed E-state index contributed by atoms with van der Waals surface area (Å²) in [4.78, 5) is 63.0. The maximum absolute atomic E-state index is 13.5. The van der Waals surface area contributed by atoms with Gasteiger partial charge >= 0.3 is 11.9 Å². The quantitative estimate of drug-likeness (QED) is 0.101. The topological polar surface area (TPSA) is 179 Å². The van der Waals surface area contributed by atoms with Crippen LogP contribution >= 0.6 is 0 Å². The summed E-state index contributed by atoms with van der Waals surface area (Å²) in [6.07, 6.45) is 16.1. The number of hydrogen-bond acceptors (Lipinski definition) is 6. The molecule has 258 valence electrons. The average Bonchev–Trinajstić information content (AvgIpc) is 3.03. The zero-order valence-corrected chi connectivity index (χ0v) is 27.6. The Balaban J connectivity index is 1.75. The van der Waals surface area contributed by atoms with Gasteiger partial charge in [0.05, 0.1) is 6.04 Å². The van der Waals surface area contributed by atoms with Crippen LogP contribution in [-0.2, 0) is 36.9 Å². The van der Waals surface area contributed by atoms with Gasteiger partial charge in [0.2, 0.25) is 17.7 Å². The number of fused-ring (bicyclic) bond motifs is 1. The number of rotatable bonds is 24. The smallest absolute Gasteiger partial charge is 0.326 e. The first-order chi connectivity index (χ1) is 22.1. The molecular weight excluding hydrogens is 588 g/mol. The highest BCUT2D eigenvalue weighted by Gasteiger charge is 2.37. The van der Waals surface area contributed by atoms with Gasteiger partial charge in [-0.25, -0.2) is 4.79 Å². The molecule has 1 aromatic carbocycles. The van der Waals surface area contributed by atoms with Crippen molar-refractivity contribution >= 4 is 29.7 Å². The summed E-state index contributed by atoms with van der Waals surface area (Å²) >= 11 is 0. The summed E-state index contributed by atoms with van der Waals surface area (Å²) in [5, 5.41) is 23.7. The summed E-state index contributed by atoms with van der Waals surface area (Å²) in [7, 11) is 0. The van der Waals surface area contributed by atoms with Gasteiger partial charge < -0.3 is 31.5 Å². The summed E-state index contributed by atoms with van der Waals surface area (Å²) in [6.45, 7) is 2.59. The molecule has 0 radical (unpaired) electrons. The van der Waals surface area contributed by atoms with E-state index in [1.165, 1.54) is 69.1 Å². The number of aliphatic carboxylic acids is 2. The summed E-state index contributed by atoms with van der Waals surface area (Å²) in [6, 6.07) is 3.98. The Morgan fingerprint density at radius 2 is 1.39 bits per heavy atom. The van der Waals surface area contributed by atoms with E-state index >= 15 is 0 Å². The van der Waals surface area contributed by atoms with Crippen LogP contribution in [0.2, 0.25) is 0 Å². The van der Waals surface area contributed by atoms with Crippen LogP contribution in [0.4, 0.5) is 0 Å². The number of nitrogens with two attached hydrogens (primary N) is 1. The lowest BCUT2D eigenvalue weighted by Crippen LogP contribution is -2.58. The van der Waals surface area contributed by atoms with Gasteiger partial charge in [-0.2, -0.15) is 0 Å². The van der Waals surface area contributed by atoms with Gasteiger partial charge in [-0.3, -0.25) is 19.2 Å². The van der Waals surface area contributed by atoms with Crippen molar-refractivity contribution < 1.29 is 34.2 Å². The molecule has 0 saturated heterocycles. The first-order valence-electron chi connectivity index (χ1n) is 17.3. The van der Waals surface area contributed by atoms with Crippen LogP contribution < -0.4 is 16.4 Å². The summed E-state index contributed by atoms with van der Waals surface area (Å²) < 4.78 is 0. The molecule has 11 nitrogen and oxygen atoms in total. The largest absolute Gasteiger partial charge is 0.481 e. The van der Waals surface area contributed by atoms with Crippen molar-refractivity contribution in [3.63, 3.8) is 0 Å². The van der Waals surface area contributed by atoms with Gasteiger partial charge in [-0.15, -0.1) is 0 Å². The third-order valence-electron chi connectivity index (χ3n) is 8.70. The summed E-state index contributed by atoms with van der Waals surface area (Å²) in [5.74, 6) is -3.76. The Kier molecular flexibility index (Phi) is 18.6. The number of carboxylic acids is 2. The Morgan fingerprint density at radius 3 is 1.96 bits per heavy atom. The molecular formula is C35H56N4O7. The van der Waals surface area contributed by atoms with E-state index in [0.29, 0.717) is 6.42 Å². The second-order valence-electron chi connectivity index (χ2n) is 12.5. The molecule has 0 spiro atoms. The van der Waals surface area contributed by atoms with Gasteiger partial charge in [0.15, 0.2) is 0 Å². The third-order valence-corrected chi connectivity index (χ3v) is 8.70. The lowest BCUT2D eigenvalue weighted by Gasteiger charge is -2.37. The van der Waals surface area contributed by atoms with Crippen LogP contribution in [0.1, 0.15) is 127 Å². The molecule has 1 aliphatic heterocycles. The van der Waals surface area contributed by atoms with Crippen LogP contribution in [0.3, 0.4) is 0 Å². The van der Waals surface area contributed by atoms with Crippen molar-refractivity contribution in [2.75, 3.05) is 6.54 Å². The number of carbonyl (C=O) groups is 5. The van der Waals surface area contributed by atoms with Crippen LogP contribution in [0.5, 0.6) is 0 Å². The Labute approximate surface area is 274 Å². The number of carbonyl (C=O) groups excluding carboxylic acids is 3. The molecule has 46 heavy (non-hydrogen) atoms. The van der Waals surface area contributed by atoms with Crippen molar-refractivity contribution in [1.29, 1.82) is 0 Å². The van der Waals surface area contributed by atoms with Gasteiger partial charge in [-0.05, 0) is 30.4 Å². The first-order valence-corrected chi connectivity index (χ1v) is 17.3. The molecule has 0 bridgehead atoms. The van der Waals surface area contributed by atoms with Crippen LogP contribution in [0.25, 0.3) is 0 Å². The average molecular weight is 645 g/mol. The molecule has 3 atom stereocenters. The van der Waals surface area contributed by atoms with Crippen LogP contribution in [-0.4, -0.2) is 69.4 Å². The zero-order chi connectivity index (χ0) is 33.7. The fraction of sp³-hybridized carbons (Fsp3) is 0.686. The fourth-order valence-electron chi connectivity index (χ4n) is 5.88. The number of unbranched alkanes of at least 4 members (excludes halogenated alkanes) is 12. The van der Waals surface area contributed by atoms with Gasteiger partial charge in [0.25, 0.3) is 0 Å². The van der Waals surface area contributed by atoms with Crippen LogP contribution in [0, 0.1) is 0 Å². The molecule has 0 fully saturated rings. The van der Waals surface area contributed by atoms with Gasteiger partial charge in [0.1, 0.15) is 12.1 Å². The van der Waals surface area contributed by atoms with Crippen molar-refractivity contribution in [1.82, 2.24) is 15.5 Å². The Bertz CT molecular complexity index is 1110. The minimum absolute atomic E-state index is 0.0760. The molecule has 0 aliphatic carbocycles. The molecule has 11 heteroatoms. The molecule has 0 saturated carbocycles. The summed E-state index contributed by atoms with van der Waals surface area (Å²) in [5.41, 5.74) is 7.96. The number of carboxylic acid groups (broad SMARTS) is 2. The predicted octanol–water partition coefficient (Wildman–Crippen LogP) is 4.69. The number of amides is 3. The predicted molar refractivity (Wildman–Crippen MR) is 177 cm³/mol. The zero-order valence-electron chi connectivity index (χ0n) is 27.6. The second kappa shape index (κ2) is 22.1. The normalized spacial score (nSPS) is 15.4. The van der Waals surface area contributed by atoms with E-state index in [9.17, 15) is 29.1 Å². The SMILES string of the molecule is CCCCCCCCCCCCCCCC(=O)NCC[C@H](N)C(=O)N1Cc2ccccc2C[C@H]1C(=O)N[C@@H](CCC(=O)O)C(=O)O. The molecule has 2 rings (SSSR count). The lowest BCUT2D eigenvalue weighted by molar-refractivity contribution is -0.146. The van der Waals surface area contributed by atoms with Crippen molar-refractivity contribution in [3.8, 4) is 0 Å².